The quantitative estimate of drug-likeness (QED) is 0.469. The van der Waals surface area contributed by atoms with Crippen LogP contribution in [0, 0.1) is 0 Å². The van der Waals surface area contributed by atoms with Gasteiger partial charge in [-0.1, -0.05) is 56.6 Å². The molecule has 2 rings (SSSR count). The van der Waals surface area contributed by atoms with Crippen molar-refractivity contribution in [2.45, 2.75) is 65.6 Å². The second-order valence-electron chi connectivity index (χ2n) is 9.16. The Bertz CT molecular complexity index is 1120. The monoisotopic (exact) mass is 521 g/mol. The average molecular weight is 522 g/mol. The fourth-order valence-electron chi connectivity index (χ4n) is 3.52. The highest BCUT2D eigenvalue weighted by atomic mass is 35.5. The Kier molecular flexibility index (Phi) is 10.2. The maximum atomic E-state index is 13.5. The number of benzene rings is 2. The zero-order valence-electron chi connectivity index (χ0n) is 21.3. The summed E-state index contributed by atoms with van der Waals surface area (Å²) >= 11 is 6.13. The Hall–Kier alpha value is -2.58. The van der Waals surface area contributed by atoms with Crippen LogP contribution in [0.5, 0.6) is 0 Å². The standard InChI is InChI=1S/C26H36ClN3O4S/c1-7-19(4)28-26(32)20(5)29(16-21-9-8-10-23(27)15-21)25(31)17-30(35(6,33)34)24-13-11-22(12-14-24)18(2)3/h8-15,18-20H,7,16-17H2,1-6H3,(H,28,32). The third kappa shape index (κ3) is 8.25. The summed E-state index contributed by atoms with van der Waals surface area (Å²) in [4.78, 5) is 27.8. The molecule has 35 heavy (non-hydrogen) atoms. The first-order valence-corrected chi connectivity index (χ1v) is 14.0. The molecule has 1 N–H and O–H groups in total. The summed E-state index contributed by atoms with van der Waals surface area (Å²) in [7, 11) is -3.76. The minimum atomic E-state index is -3.76. The topological polar surface area (TPSA) is 86.8 Å². The molecule has 0 fully saturated rings. The summed E-state index contributed by atoms with van der Waals surface area (Å²) < 4.78 is 26.4. The molecular formula is C26H36ClN3O4S. The molecule has 0 bridgehead atoms. The lowest BCUT2D eigenvalue weighted by Crippen LogP contribution is -2.52. The predicted molar refractivity (Wildman–Crippen MR) is 142 cm³/mol. The normalized spacial score (nSPS) is 13.3. The van der Waals surface area contributed by atoms with Crippen molar-refractivity contribution >= 4 is 39.1 Å². The van der Waals surface area contributed by atoms with E-state index < -0.39 is 28.5 Å². The lowest BCUT2D eigenvalue weighted by Gasteiger charge is -2.32. The van der Waals surface area contributed by atoms with E-state index in [2.05, 4.69) is 5.32 Å². The van der Waals surface area contributed by atoms with Crippen LogP contribution in [0.15, 0.2) is 48.5 Å². The van der Waals surface area contributed by atoms with Crippen molar-refractivity contribution in [2.75, 3.05) is 17.1 Å². The summed E-state index contributed by atoms with van der Waals surface area (Å²) in [5, 5.41) is 3.41. The van der Waals surface area contributed by atoms with E-state index in [9.17, 15) is 18.0 Å². The summed E-state index contributed by atoms with van der Waals surface area (Å²) in [5.74, 6) is -0.507. The number of halogens is 1. The van der Waals surface area contributed by atoms with Gasteiger partial charge >= 0.3 is 0 Å². The molecule has 0 heterocycles. The Balaban J connectivity index is 2.38. The third-order valence-electron chi connectivity index (χ3n) is 5.94. The van der Waals surface area contributed by atoms with Gasteiger partial charge in [0.15, 0.2) is 0 Å². The average Bonchev–Trinajstić information content (AvgIpc) is 2.79. The molecule has 0 aliphatic rings. The number of amides is 2. The van der Waals surface area contributed by atoms with Crippen LogP contribution < -0.4 is 9.62 Å². The third-order valence-corrected chi connectivity index (χ3v) is 7.31. The van der Waals surface area contributed by atoms with Crippen molar-refractivity contribution in [3.8, 4) is 0 Å². The molecule has 0 saturated heterocycles. The van der Waals surface area contributed by atoms with Crippen molar-refractivity contribution in [2.24, 2.45) is 0 Å². The number of hydrogen-bond donors (Lipinski definition) is 1. The summed E-state index contributed by atoms with van der Waals surface area (Å²) in [6.45, 7) is 9.26. The largest absolute Gasteiger partial charge is 0.352 e. The van der Waals surface area contributed by atoms with Crippen LogP contribution >= 0.6 is 11.6 Å². The van der Waals surface area contributed by atoms with Crippen LogP contribution in [-0.2, 0) is 26.2 Å². The molecule has 0 saturated carbocycles. The molecule has 2 unspecified atom stereocenters. The van der Waals surface area contributed by atoms with Crippen LogP contribution in [0.2, 0.25) is 5.02 Å². The lowest BCUT2D eigenvalue weighted by molar-refractivity contribution is -0.139. The first kappa shape index (κ1) is 28.7. The highest BCUT2D eigenvalue weighted by Crippen LogP contribution is 2.23. The molecule has 2 aromatic rings. The van der Waals surface area contributed by atoms with Gasteiger partial charge < -0.3 is 10.2 Å². The fraction of sp³-hybridized carbons (Fsp3) is 0.462. The van der Waals surface area contributed by atoms with E-state index in [1.54, 1.807) is 37.3 Å². The van der Waals surface area contributed by atoms with Gasteiger partial charge in [0.1, 0.15) is 12.6 Å². The number of rotatable bonds is 11. The maximum Gasteiger partial charge on any atom is 0.244 e. The molecule has 2 atom stereocenters. The summed E-state index contributed by atoms with van der Waals surface area (Å²) in [6.07, 6.45) is 1.81. The van der Waals surface area contributed by atoms with Gasteiger partial charge in [0.05, 0.1) is 11.9 Å². The number of nitrogens with one attached hydrogen (secondary N) is 1. The molecule has 0 aliphatic carbocycles. The van der Waals surface area contributed by atoms with Gasteiger partial charge in [-0.25, -0.2) is 8.42 Å². The fourth-order valence-corrected chi connectivity index (χ4v) is 4.58. The van der Waals surface area contributed by atoms with E-state index in [0.29, 0.717) is 10.7 Å². The van der Waals surface area contributed by atoms with Gasteiger partial charge in [-0.05, 0) is 61.6 Å². The van der Waals surface area contributed by atoms with Gasteiger partial charge in [-0.3, -0.25) is 13.9 Å². The summed E-state index contributed by atoms with van der Waals surface area (Å²) in [5.41, 5.74) is 2.19. The van der Waals surface area contributed by atoms with Crippen molar-refractivity contribution in [1.29, 1.82) is 0 Å². The highest BCUT2D eigenvalue weighted by Gasteiger charge is 2.30. The molecule has 2 amide bonds. The van der Waals surface area contributed by atoms with E-state index in [1.807, 2.05) is 45.9 Å². The molecule has 192 valence electrons. The molecule has 0 aliphatic heterocycles. The van der Waals surface area contributed by atoms with Crippen molar-refractivity contribution < 1.29 is 18.0 Å². The predicted octanol–water partition coefficient (Wildman–Crippen LogP) is 4.56. The van der Waals surface area contributed by atoms with Gasteiger partial charge in [0, 0.05) is 17.6 Å². The molecule has 0 spiro atoms. The SMILES string of the molecule is CCC(C)NC(=O)C(C)N(Cc1cccc(Cl)c1)C(=O)CN(c1ccc(C(C)C)cc1)S(C)(=O)=O. The number of hydrogen-bond acceptors (Lipinski definition) is 4. The maximum absolute atomic E-state index is 13.5. The molecular weight excluding hydrogens is 486 g/mol. The first-order valence-electron chi connectivity index (χ1n) is 11.7. The number of sulfonamides is 1. The highest BCUT2D eigenvalue weighted by molar-refractivity contribution is 7.92. The second kappa shape index (κ2) is 12.4. The number of nitrogens with zero attached hydrogens (tertiary/aromatic N) is 2. The van der Waals surface area contributed by atoms with Crippen LogP contribution in [0.1, 0.15) is 58.1 Å². The van der Waals surface area contributed by atoms with Gasteiger partial charge in [0.2, 0.25) is 21.8 Å². The zero-order chi connectivity index (χ0) is 26.3. The van der Waals surface area contributed by atoms with Crippen LogP contribution in [-0.4, -0.2) is 50.0 Å². The Morgan fingerprint density at radius 1 is 1.03 bits per heavy atom. The first-order chi connectivity index (χ1) is 16.3. The van der Waals surface area contributed by atoms with E-state index in [0.717, 1.165) is 28.1 Å². The zero-order valence-corrected chi connectivity index (χ0v) is 22.9. The minimum absolute atomic E-state index is 0.0555. The Morgan fingerprint density at radius 3 is 2.17 bits per heavy atom. The van der Waals surface area contributed by atoms with Crippen molar-refractivity contribution in [1.82, 2.24) is 10.2 Å². The molecule has 9 heteroatoms. The number of anilines is 1. The molecule has 0 radical (unpaired) electrons. The molecule has 7 nitrogen and oxygen atoms in total. The Labute approximate surface area is 214 Å². The minimum Gasteiger partial charge on any atom is -0.352 e. The van der Waals surface area contributed by atoms with Crippen LogP contribution in [0.4, 0.5) is 5.69 Å². The molecule has 2 aromatic carbocycles. The Morgan fingerprint density at radius 2 is 1.66 bits per heavy atom. The van der Waals surface area contributed by atoms with Crippen LogP contribution in [0.25, 0.3) is 0 Å². The smallest absolute Gasteiger partial charge is 0.244 e. The van der Waals surface area contributed by atoms with E-state index in [1.165, 1.54) is 4.90 Å². The molecule has 0 aromatic heterocycles. The van der Waals surface area contributed by atoms with E-state index in [4.69, 9.17) is 11.6 Å². The summed E-state index contributed by atoms with van der Waals surface area (Å²) in [6, 6.07) is 13.3. The van der Waals surface area contributed by atoms with E-state index in [-0.39, 0.29) is 24.4 Å². The van der Waals surface area contributed by atoms with E-state index >= 15 is 0 Å². The lowest BCUT2D eigenvalue weighted by atomic mass is 10.0. The van der Waals surface area contributed by atoms with Crippen molar-refractivity contribution in [3.05, 3.63) is 64.7 Å². The van der Waals surface area contributed by atoms with Gasteiger partial charge in [-0.2, -0.15) is 0 Å². The van der Waals surface area contributed by atoms with Gasteiger partial charge in [-0.15, -0.1) is 0 Å². The second-order valence-corrected chi connectivity index (χ2v) is 11.5. The van der Waals surface area contributed by atoms with Crippen molar-refractivity contribution in [3.63, 3.8) is 0 Å². The number of carbonyl (C=O) groups excluding carboxylic acids is 2. The van der Waals surface area contributed by atoms with Gasteiger partial charge in [0.25, 0.3) is 0 Å². The number of carbonyl (C=O) groups is 2. The van der Waals surface area contributed by atoms with Crippen LogP contribution in [0.3, 0.4) is 0 Å².